The van der Waals surface area contributed by atoms with E-state index in [0.717, 1.165) is 17.0 Å². The van der Waals surface area contributed by atoms with Gasteiger partial charge in [0.25, 0.3) is 0 Å². The lowest BCUT2D eigenvalue weighted by Crippen LogP contribution is -2.29. The fraction of sp³-hybridized carbons (Fsp3) is 0.222. The van der Waals surface area contributed by atoms with E-state index in [0.29, 0.717) is 5.69 Å². The Bertz CT molecular complexity index is 794. The molecule has 6 nitrogen and oxygen atoms in total. The van der Waals surface area contributed by atoms with Crippen molar-refractivity contribution in [2.24, 2.45) is 0 Å². The lowest BCUT2D eigenvalue weighted by atomic mass is 10.1. The molecule has 2 heterocycles. The predicted octanol–water partition coefficient (Wildman–Crippen LogP) is 1.74. The highest BCUT2D eigenvalue weighted by molar-refractivity contribution is 5.78. The molecule has 0 radical (unpaired) electrons. The molecule has 3 aromatic rings. The van der Waals surface area contributed by atoms with Crippen molar-refractivity contribution in [3.63, 3.8) is 0 Å². The molecule has 1 unspecified atom stereocenters. The Morgan fingerprint density at radius 3 is 2.79 bits per heavy atom. The minimum Gasteiger partial charge on any atom is -0.497 e. The topological polar surface area (TPSA) is 75.9 Å². The molecule has 2 N–H and O–H groups in total. The molecule has 6 heteroatoms. The van der Waals surface area contributed by atoms with Crippen LogP contribution in [0.3, 0.4) is 0 Å². The Balaban J connectivity index is 1.54. The SMILES string of the molecule is COc1ccc(C(O)CNC(=O)Cc2cn3ccccc3n2)cc1. The van der Waals surface area contributed by atoms with Crippen molar-refractivity contribution in [2.45, 2.75) is 12.5 Å². The molecule has 24 heavy (non-hydrogen) atoms. The second kappa shape index (κ2) is 7.14. The maximum atomic E-state index is 12.0. The van der Waals surface area contributed by atoms with Crippen molar-refractivity contribution >= 4 is 11.6 Å². The minimum absolute atomic E-state index is 0.151. The van der Waals surface area contributed by atoms with Gasteiger partial charge in [-0.2, -0.15) is 0 Å². The average Bonchev–Trinajstić information content (AvgIpc) is 3.02. The Kier molecular flexibility index (Phi) is 4.77. The van der Waals surface area contributed by atoms with Crippen molar-refractivity contribution in [1.29, 1.82) is 0 Å². The number of hydrogen-bond donors (Lipinski definition) is 2. The number of carbonyl (C=O) groups excluding carboxylic acids is 1. The van der Waals surface area contributed by atoms with E-state index in [2.05, 4.69) is 10.3 Å². The van der Waals surface area contributed by atoms with E-state index in [4.69, 9.17) is 4.74 Å². The predicted molar refractivity (Wildman–Crippen MR) is 89.9 cm³/mol. The minimum atomic E-state index is -0.763. The van der Waals surface area contributed by atoms with Crippen molar-refractivity contribution in [3.8, 4) is 5.75 Å². The van der Waals surface area contributed by atoms with E-state index < -0.39 is 6.10 Å². The summed E-state index contributed by atoms with van der Waals surface area (Å²) in [7, 11) is 1.59. The second-order valence-corrected chi connectivity index (χ2v) is 5.47. The first-order valence-corrected chi connectivity index (χ1v) is 7.67. The number of amides is 1. The summed E-state index contributed by atoms with van der Waals surface area (Å²) < 4.78 is 6.95. The molecular formula is C18H19N3O3. The summed E-state index contributed by atoms with van der Waals surface area (Å²) in [6, 6.07) is 12.8. The average molecular weight is 325 g/mol. The van der Waals surface area contributed by atoms with E-state index in [9.17, 15) is 9.90 Å². The summed E-state index contributed by atoms with van der Waals surface area (Å²) in [5, 5.41) is 12.9. The quantitative estimate of drug-likeness (QED) is 0.724. The van der Waals surface area contributed by atoms with Gasteiger partial charge in [-0.05, 0) is 29.8 Å². The maximum Gasteiger partial charge on any atom is 0.226 e. The van der Waals surface area contributed by atoms with Crippen molar-refractivity contribution < 1.29 is 14.6 Å². The standard InChI is InChI=1S/C18H19N3O3/c1-24-15-7-5-13(6-8-15)16(22)11-19-18(23)10-14-12-21-9-3-2-4-17(21)20-14/h2-9,12,16,22H,10-11H2,1H3,(H,19,23). The first-order chi connectivity index (χ1) is 11.7. The van der Waals surface area contributed by atoms with E-state index in [1.165, 1.54) is 0 Å². The van der Waals surface area contributed by atoms with Gasteiger partial charge in [-0.15, -0.1) is 0 Å². The number of imidazole rings is 1. The summed E-state index contributed by atoms with van der Waals surface area (Å²) in [5.41, 5.74) is 2.22. The number of pyridine rings is 1. The Morgan fingerprint density at radius 1 is 1.29 bits per heavy atom. The van der Waals surface area contributed by atoms with E-state index in [-0.39, 0.29) is 18.9 Å². The van der Waals surface area contributed by atoms with Crippen LogP contribution in [0.2, 0.25) is 0 Å². The van der Waals surface area contributed by atoms with Gasteiger partial charge in [-0.1, -0.05) is 18.2 Å². The van der Waals surface area contributed by atoms with Crippen LogP contribution in [0, 0.1) is 0 Å². The molecule has 2 aromatic heterocycles. The first-order valence-electron chi connectivity index (χ1n) is 7.67. The van der Waals surface area contributed by atoms with Gasteiger partial charge in [0, 0.05) is 18.9 Å². The second-order valence-electron chi connectivity index (χ2n) is 5.47. The maximum absolute atomic E-state index is 12.0. The molecule has 1 amide bonds. The third-order valence-electron chi connectivity index (χ3n) is 3.75. The number of fused-ring (bicyclic) bond motifs is 1. The number of aromatic nitrogens is 2. The number of aliphatic hydroxyl groups is 1. The molecule has 0 fully saturated rings. The van der Waals surface area contributed by atoms with E-state index >= 15 is 0 Å². The van der Waals surface area contributed by atoms with Crippen molar-refractivity contribution in [1.82, 2.24) is 14.7 Å². The zero-order valence-electron chi connectivity index (χ0n) is 13.3. The van der Waals surface area contributed by atoms with Crippen LogP contribution < -0.4 is 10.1 Å². The van der Waals surface area contributed by atoms with Crippen LogP contribution in [-0.4, -0.2) is 34.1 Å². The molecule has 124 valence electrons. The highest BCUT2D eigenvalue weighted by Gasteiger charge is 2.11. The van der Waals surface area contributed by atoms with Crippen LogP contribution in [0.5, 0.6) is 5.75 Å². The highest BCUT2D eigenvalue weighted by Crippen LogP contribution is 2.17. The number of nitrogens with zero attached hydrogens (tertiary/aromatic N) is 2. The van der Waals surface area contributed by atoms with Gasteiger partial charge >= 0.3 is 0 Å². The van der Waals surface area contributed by atoms with E-state index in [1.54, 1.807) is 31.4 Å². The molecule has 3 rings (SSSR count). The number of benzene rings is 1. The van der Waals surface area contributed by atoms with Gasteiger partial charge in [0.05, 0.1) is 25.3 Å². The van der Waals surface area contributed by atoms with E-state index in [1.807, 2.05) is 35.0 Å². The number of carbonyl (C=O) groups is 1. The summed E-state index contributed by atoms with van der Waals surface area (Å²) in [6.07, 6.45) is 3.13. The van der Waals surface area contributed by atoms with Gasteiger partial charge in [0.1, 0.15) is 11.4 Å². The largest absolute Gasteiger partial charge is 0.497 e. The van der Waals surface area contributed by atoms with Gasteiger partial charge < -0.3 is 19.6 Å². The van der Waals surface area contributed by atoms with Crippen LogP contribution in [-0.2, 0) is 11.2 Å². The third kappa shape index (κ3) is 3.72. The Hall–Kier alpha value is -2.86. The Labute approximate surface area is 139 Å². The summed E-state index contributed by atoms with van der Waals surface area (Å²) in [6.45, 7) is 0.151. The number of rotatable bonds is 6. The molecular weight excluding hydrogens is 306 g/mol. The number of hydrogen-bond acceptors (Lipinski definition) is 4. The summed E-state index contributed by atoms with van der Waals surface area (Å²) >= 11 is 0. The van der Waals surface area contributed by atoms with Gasteiger partial charge in [-0.25, -0.2) is 4.98 Å². The van der Waals surface area contributed by atoms with Crippen LogP contribution in [0.1, 0.15) is 17.4 Å². The molecule has 0 aliphatic heterocycles. The first kappa shape index (κ1) is 16.0. The van der Waals surface area contributed by atoms with Crippen molar-refractivity contribution in [2.75, 3.05) is 13.7 Å². The van der Waals surface area contributed by atoms with Crippen LogP contribution >= 0.6 is 0 Å². The summed E-state index contributed by atoms with van der Waals surface area (Å²) in [4.78, 5) is 16.4. The van der Waals surface area contributed by atoms with Crippen LogP contribution in [0.4, 0.5) is 0 Å². The third-order valence-corrected chi connectivity index (χ3v) is 3.75. The number of aliphatic hydroxyl groups excluding tert-OH is 1. The number of nitrogens with one attached hydrogen (secondary N) is 1. The van der Waals surface area contributed by atoms with Gasteiger partial charge in [-0.3, -0.25) is 4.79 Å². The molecule has 1 aromatic carbocycles. The number of methoxy groups -OCH3 is 1. The lowest BCUT2D eigenvalue weighted by Gasteiger charge is -2.12. The highest BCUT2D eigenvalue weighted by atomic mass is 16.5. The fourth-order valence-corrected chi connectivity index (χ4v) is 2.45. The summed E-state index contributed by atoms with van der Waals surface area (Å²) in [5.74, 6) is 0.549. The molecule has 0 saturated carbocycles. The molecule has 0 saturated heterocycles. The molecule has 0 spiro atoms. The lowest BCUT2D eigenvalue weighted by molar-refractivity contribution is -0.120. The normalized spacial score (nSPS) is 12.1. The van der Waals surface area contributed by atoms with Crippen LogP contribution in [0.25, 0.3) is 5.65 Å². The zero-order chi connectivity index (χ0) is 16.9. The van der Waals surface area contributed by atoms with Gasteiger partial charge in [0.2, 0.25) is 5.91 Å². The van der Waals surface area contributed by atoms with Crippen LogP contribution in [0.15, 0.2) is 54.9 Å². The molecule has 0 aliphatic carbocycles. The molecule has 1 atom stereocenters. The molecule has 0 aliphatic rings. The Morgan fingerprint density at radius 2 is 2.08 bits per heavy atom. The van der Waals surface area contributed by atoms with Crippen molar-refractivity contribution in [3.05, 3.63) is 66.1 Å². The molecule has 0 bridgehead atoms. The monoisotopic (exact) mass is 325 g/mol. The smallest absolute Gasteiger partial charge is 0.226 e. The fourth-order valence-electron chi connectivity index (χ4n) is 2.45. The zero-order valence-corrected chi connectivity index (χ0v) is 13.3. The number of ether oxygens (including phenoxy) is 1. The van der Waals surface area contributed by atoms with Gasteiger partial charge in [0.15, 0.2) is 0 Å².